The van der Waals surface area contributed by atoms with Gasteiger partial charge in [-0.05, 0) is 43.3 Å². The summed E-state index contributed by atoms with van der Waals surface area (Å²) in [5.74, 6) is -0.174. The topological polar surface area (TPSA) is 81.2 Å². The Labute approximate surface area is 139 Å². The van der Waals surface area contributed by atoms with Crippen molar-refractivity contribution in [2.45, 2.75) is 26.7 Å². The highest BCUT2D eigenvalue weighted by Crippen LogP contribution is 2.18. The van der Waals surface area contributed by atoms with Crippen LogP contribution in [-0.2, 0) is 16.0 Å². The molecule has 1 amide bonds. The number of hydrogen-bond acceptors (Lipinski definition) is 5. The highest BCUT2D eigenvalue weighted by molar-refractivity contribution is 7.71. The number of hydrogen-bond donors (Lipinski definition) is 2. The van der Waals surface area contributed by atoms with Gasteiger partial charge in [-0.1, -0.05) is 12.1 Å². The van der Waals surface area contributed by atoms with Crippen LogP contribution >= 0.6 is 12.2 Å². The van der Waals surface area contributed by atoms with Crippen molar-refractivity contribution < 1.29 is 14.3 Å². The first kappa shape index (κ1) is 17.3. The SMILES string of the molecule is COC(Cn1c(C(=O)Nc2cccc(C)c2C)n[nH]c1=S)OC. The summed E-state index contributed by atoms with van der Waals surface area (Å²) >= 11 is 5.17. The molecule has 0 aliphatic rings. The van der Waals surface area contributed by atoms with Crippen LogP contribution in [0.3, 0.4) is 0 Å². The van der Waals surface area contributed by atoms with E-state index in [2.05, 4.69) is 15.5 Å². The number of H-pyrrole nitrogens is 1. The first-order chi connectivity index (χ1) is 11.0. The third-order valence-electron chi connectivity index (χ3n) is 3.67. The fourth-order valence-electron chi connectivity index (χ4n) is 2.12. The molecule has 1 aromatic carbocycles. The van der Waals surface area contributed by atoms with Crippen LogP contribution in [0.25, 0.3) is 0 Å². The van der Waals surface area contributed by atoms with Gasteiger partial charge < -0.3 is 14.8 Å². The Bertz CT molecular complexity index is 749. The van der Waals surface area contributed by atoms with Gasteiger partial charge in [-0.3, -0.25) is 14.5 Å². The van der Waals surface area contributed by atoms with Crippen molar-refractivity contribution in [3.8, 4) is 0 Å². The number of nitrogens with zero attached hydrogens (tertiary/aromatic N) is 2. The minimum atomic E-state index is -0.522. The molecule has 0 aliphatic carbocycles. The summed E-state index contributed by atoms with van der Waals surface area (Å²) in [6.07, 6.45) is -0.522. The molecule has 7 nitrogen and oxygen atoms in total. The van der Waals surface area contributed by atoms with Gasteiger partial charge in [-0.15, -0.1) is 5.10 Å². The van der Waals surface area contributed by atoms with Crippen LogP contribution in [0.2, 0.25) is 0 Å². The highest BCUT2D eigenvalue weighted by atomic mass is 32.1. The van der Waals surface area contributed by atoms with Gasteiger partial charge in [-0.2, -0.15) is 0 Å². The van der Waals surface area contributed by atoms with E-state index in [9.17, 15) is 4.79 Å². The number of anilines is 1. The van der Waals surface area contributed by atoms with Gasteiger partial charge in [0.05, 0.1) is 6.54 Å². The molecule has 0 saturated carbocycles. The van der Waals surface area contributed by atoms with Crippen molar-refractivity contribution in [2.75, 3.05) is 19.5 Å². The molecule has 124 valence electrons. The molecule has 0 spiro atoms. The van der Waals surface area contributed by atoms with Gasteiger partial charge in [-0.25, -0.2) is 0 Å². The number of aromatic amines is 1. The zero-order valence-electron chi connectivity index (χ0n) is 13.5. The van der Waals surface area contributed by atoms with Crippen LogP contribution in [0.15, 0.2) is 18.2 Å². The number of carbonyl (C=O) groups excluding carboxylic acids is 1. The zero-order chi connectivity index (χ0) is 17.0. The number of nitrogens with one attached hydrogen (secondary N) is 2. The lowest BCUT2D eigenvalue weighted by Gasteiger charge is -2.15. The summed E-state index contributed by atoms with van der Waals surface area (Å²) in [6, 6.07) is 5.72. The van der Waals surface area contributed by atoms with Crippen molar-refractivity contribution in [3.63, 3.8) is 0 Å². The molecule has 0 unspecified atom stereocenters. The standard InChI is InChI=1S/C15H20N4O3S/c1-9-6-5-7-11(10(9)2)16-14(20)13-17-18-15(23)19(13)8-12(21-3)22-4/h5-7,12H,8H2,1-4H3,(H,16,20)(H,18,23). The monoisotopic (exact) mass is 336 g/mol. The third kappa shape index (κ3) is 3.84. The van der Waals surface area contributed by atoms with E-state index in [0.717, 1.165) is 16.8 Å². The predicted octanol–water partition coefficient (Wildman–Crippen LogP) is 2.43. The lowest BCUT2D eigenvalue weighted by atomic mass is 10.1. The molecule has 2 aromatic rings. The first-order valence-corrected chi connectivity index (χ1v) is 7.47. The van der Waals surface area contributed by atoms with Gasteiger partial charge in [0.2, 0.25) is 5.82 Å². The Morgan fingerprint density at radius 2 is 2.09 bits per heavy atom. The summed E-state index contributed by atoms with van der Waals surface area (Å²) in [4.78, 5) is 12.5. The molecule has 0 bridgehead atoms. The van der Waals surface area contributed by atoms with E-state index in [4.69, 9.17) is 21.7 Å². The molecule has 2 rings (SSSR count). The van der Waals surface area contributed by atoms with Crippen LogP contribution in [0.1, 0.15) is 21.7 Å². The predicted molar refractivity (Wildman–Crippen MR) is 89.1 cm³/mol. The molecule has 0 aliphatic heterocycles. The Balaban J connectivity index is 2.26. The fraction of sp³-hybridized carbons (Fsp3) is 0.400. The summed E-state index contributed by atoms with van der Waals surface area (Å²) < 4.78 is 12.2. The molecule has 1 heterocycles. The highest BCUT2D eigenvalue weighted by Gasteiger charge is 2.19. The second-order valence-corrected chi connectivity index (χ2v) is 5.45. The van der Waals surface area contributed by atoms with Crippen LogP contribution in [0.4, 0.5) is 5.69 Å². The number of rotatable bonds is 6. The number of aromatic nitrogens is 3. The van der Waals surface area contributed by atoms with E-state index < -0.39 is 6.29 Å². The van der Waals surface area contributed by atoms with Crippen molar-refractivity contribution in [3.05, 3.63) is 39.9 Å². The number of amides is 1. The third-order valence-corrected chi connectivity index (χ3v) is 3.98. The molecule has 0 saturated heterocycles. The summed E-state index contributed by atoms with van der Waals surface area (Å²) in [5.41, 5.74) is 2.85. The minimum Gasteiger partial charge on any atom is -0.354 e. The molecular formula is C15H20N4O3S. The Morgan fingerprint density at radius 1 is 1.39 bits per heavy atom. The number of ether oxygens (including phenoxy) is 2. The molecule has 2 N–H and O–H groups in total. The number of carbonyl (C=O) groups is 1. The summed E-state index contributed by atoms with van der Waals surface area (Å²) in [5, 5.41) is 9.50. The maximum Gasteiger partial charge on any atom is 0.293 e. The number of benzene rings is 1. The molecule has 1 aromatic heterocycles. The average Bonchev–Trinajstić information content (AvgIpc) is 2.90. The Hall–Kier alpha value is -2.03. The Kier molecular flexibility index (Phi) is 5.64. The van der Waals surface area contributed by atoms with Gasteiger partial charge >= 0.3 is 0 Å². The zero-order valence-corrected chi connectivity index (χ0v) is 14.4. The lowest BCUT2D eigenvalue weighted by molar-refractivity contribution is -0.111. The van der Waals surface area contributed by atoms with Crippen LogP contribution in [-0.4, -0.2) is 41.2 Å². The van der Waals surface area contributed by atoms with E-state index >= 15 is 0 Å². The van der Waals surface area contributed by atoms with Crippen LogP contribution in [0, 0.1) is 18.6 Å². The van der Waals surface area contributed by atoms with E-state index in [1.807, 2.05) is 32.0 Å². The van der Waals surface area contributed by atoms with Crippen molar-refractivity contribution in [1.29, 1.82) is 0 Å². The van der Waals surface area contributed by atoms with Crippen molar-refractivity contribution >= 4 is 23.8 Å². The van der Waals surface area contributed by atoms with Gasteiger partial charge in [0.1, 0.15) is 0 Å². The fourth-order valence-corrected chi connectivity index (χ4v) is 2.33. The van der Waals surface area contributed by atoms with Crippen LogP contribution in [0.5, 0.6) is 0 Å². The maximum absolute atomic E-state index is 12.5. The smallest absolute Gasteiger partial charge is 0.293 e. The van der Waals surface area contributed by atoms with Gasteiger partial charge in [0, 0.05) is 19.9 Å². The molecule has 0 radical (unpaired) electrons. The minimum absolute atomic E-state index is 0.176. The number of methoxy groups -OCH3 is 2. The molecule has 23 heavy (non-hydrogen) atoms. The van der Waals surface area contributed by atoms with E-state index in [0.29, 0.717) is 4.77 Å². The second kappa shape index (κ2) is 7.49. The first-order valence-electron chi connectivity index (χ1n) is 7.06. The average molecular weight is 336 g/mol. The second-order valence-electron chi connectivity index (χ2n) is 5.07. The summed E-state index contributed by atoms with van der Waals surface area (Å²) in [6.45, 7) is 4.20. The van der Waals surface area contributed by atoms with E-state index in [-0.39, 0.29) is 18.3 Å². The molecule has 0 fully saturated rings. The van der Waals surface area contributed by atoms with Crippen molar-refractivity contribution in [2.24, 2.45) is 0 Å². The Morgan fingerprint density at radius 3 is 2.74 bits per heavy atom. The quantitative estimate of drug-likeness (QED) is 0.625. The normalized spacial score (nSPS) is 11.0. The summed E-state index contributed by atoms with van der Waals surface area (Å²) in [7, 11) is 3.04. The van der Waals surface area contributed by atoms with E-state index in [1.54, 1.807) is 4.57 Å². The number of aryl methyl sites for hydroxylation is 1. The van der Waals surface area contributed by atoms with Gasteiger partial charge in [0.15, 0.2) is 11.1 Å². The largest absolute Gasteiger partial charge is 0.354 e. The van der Waals surface area contributed by atoms with Gasteiger partial charge in [0.25, 0.3) is 5.91 Å². The lowest BCUT2D eigenvalue weighted by Crippen LogP contribution is -2.25. The molecule has 0 atom stereocenters. The van der Waals surface area contributed by atoms with Crippen molar-refractivity contribution in [1.82, 2.24) is 14.8 Å². The van der Waals surface area contributed by atoms with Crippen LogP contribution < -0.4 is 5.32 Å². The van der Waals surface area contributed by atoms with E-state index in [1.165, 1.54) is 14.2 Å². The molecule has 8 heteroatoms. The molecular weight excluding hydrogens is 316 g/mol. The maximum atomic E-state index is 12.5.